The number of aromatic nitrogens is 2. The van der Waals surface area contributed by atoms with Crippen molar-refractivity contribution in [3.05, 3.63) is 48.7 Å². The minimum atomic E-state index is 0.435. The van der Waals surface area contributed by atoms with Gasteiger partial charge in [-0.25, -0.2) is 4.98 Å². The van der Waals surface area contributed by atoms with E-state index in [-0.39, 0.29) is 0 Å². The van der Waals surface area contributed by atoms with Crippen LogP contribution in [0.2, 0.25) is 0 Å². The van der Waals surface area contributed by atoms with Gasteiger partial charge in [0, 0.05) is 24.0 Å². The van der Waals surface area contributed by atoms with E-state index in [1.165, 1.54) is 0 Å². The van der Waals surface area contributed by atoms with Crippen molar-refractivity contribution in [1.82, 2.24) is 15.3 Å². The Morgan fingerprint density at radius 2 is 2.04 bits per heavy atom. The first-order chi connectivity index (χ1) is 11.6. The van der Waals surface area contributed by atoms with Crippen molar-refractivity contribution in [2.75, 3.05) is 23.8 Å². The Balaban J connectivity index is 2.07. The van der Waals surface area contributed by atoms with E-state index in [0.717, 1.165) is 17.1 Å². The van der Waals surface area contributed by atoms with Crippen LogP contribution in [0, 0.1) is 6.92 Å². The van der Waals surface area contributed by atoms with E-state index in [1.807, 2.05) is 44.2 Å². The quantitative estimate of drug-likeness (QED) is 0.526. The molecular weight excluding hydrogens is 322 g/mol. The van der Waals surface area contributed by atoms with Gasteiger partial charge in [0.15, 0.2) is 5.11 Å². The number of hydrogen-bond acceptors (Lipinski definition) is 5. The Hall–Kier alpha value is -2.67. The molecule has 2 rings (SSSR count). The predicted octanol–water partition coefficient (Wildman–Crippen LogP) is 3.40. The molecule has 0 aliphatic carbocycles. The number of aryl methyl sites for hydroxylation is 1. The van der Waals surface area contributed by atoms with E-state index in [0.29, 0.717) is 30.0 Å². The number of ether oxygens (including phenoxy) is 1. The molecule has 24 heavy (non-hydrogen) atoms. The average Bonchev–Trinajstić information content (AvgIpc) is 2.54. The Morgan fingerprint density at radius 1 is 1.29 bits per heavy atom. The number of anilines is 3. The summed E-state index contributed by atoms with van der Waals surface area (Å²) in [4.78, 5) is 8.74. The zero-order valence-electron chi connectivity index (χ0n) is 13.8. The summed E-state index contributed by atoms with van der Waals surface area (Å²) in [5, 5.41) is 9.63. The molecule has 1 aromatic carbocycles. The summed E-state index contributed by atoms with van der Waals surface area (Å²) in [6, 6.07) is 9.56. The third-order valence-electron chi connectivity index (χ3n) is 2.92. The van der Waals surface area contributed by atoms with Crippen LogP contribution < -0.4 is 20.7 Å². The van der Waals surface area contributed by atoms with E-state index >= 15 is 0 Å². The van der Waals surface area contributed by atoms with Crippen LogP contribution in [0.15, 0.2) is 43.0 Å². The van der Waals surface area contributed by atoms with Crippen LogP contribution in [0.3, 0.4) is 0 Å². The van der Waals surface area contributed by atoms with Crippen LogP contribution in [-0.4, -0.2) is 28.2 Å². The van der Waals surface area contributed by atoms with Gasteiger partial charge in [-0.05, 0) is 50.3 Å². The van der Waals surface area contributed by atoms with Crippen LogP contribution in [0.25, 0.3) is 0 Å². The number of thiocarbonyl (C=S) groups is 1. The SMILES string of the molecule is C=CCNC(=S)Nc1nc(C)cc(Nc2ccc(OCC)cc2)n1. The lowest BCUT2D eigenvalue weighted by molar-refractivity contribution is 0.340. The summed E-state index contributed by atoms with van der Waals surface area (Å²) in [5.74, 6) is 1.95. The van der Waals surface area contributed by atoms with Crippen molar-refractivity contribution in [3.8, 4) is 5.75 Å². The second-order valence-corrected chi connectivity index (χ2v) is 5.33. The molecule has 126 valence electrons. The average molecular weight is 343 g/mol. The monoisotopic (exact) mass is 343 g/mol. The van der Waals surface area contributed by atoms with Gasteiger partial charge in [0.2, 0.25) is 5.95 Å². The van der Waals surface area contributed by atoms with E-state index in [2.05, 4.69) is 32.5 Å². The molecular formula is C17H21N5OS. The fourth-order valence-electron chi connectivity index (χ4n) is 1.95. The molecule has 3 N–H and O–H groups in total. The number of rotatable bonds is 7. The summed E-state index contributed by atoms with van der Waals surface area (Å²) in [7, 11) is 0. The topological polar surface area (TPSA) is 71.1 Å². The van der Waals surface area contributed by atoms with Gasteiger partial charge >= 0.3 is 0 Å². The van der Waals surface area contributed by atoms with E-state index < -0.39 is 0 Å². The van der Waals surface area contributed by atoms with Gasteiger partial charge in [-0.2, -0.15) is 4.98 Å². The fourth-order valence-corrected chi connectivity index (χ4v) is 2.12. The maximum absolute atomic E-state index is 5.43. The van der Waals surface area contributed by atoms with Gasteiger partial charge in [0.1, 0.15) is 11.6 Å². The standard InChI is InChI=1S/C17H21N5OS/c1-4-10-18-17(24)22-16-19-12(3)11-15(21-16)20-13-6-8-14(9-7-13)23-5-2/h4,6-9,11H,1,5,10H2,2-3H3,(H3,18,19,20,21,22,24). The van der Waals surface area contributed by atoms with Crippen LogP contribution >= 0.6 is 12.2 Å². The lowest BCUT2D eigenvalue weighted by Gasteiger charge is -2.11. The van der Waals surface area contributed by atoms with Crippen LogP contribution in [0.4, 0.5) is 17.5 Å². The summed E-state index contributed by atoms with van der Waals surface area (Å²) >= 11 is 5.17. The van der Waals surface area contributed by atoms with Crippen molar-refractivity contribution in [2.45, 2.75) is 13.8 Å². The molecule has 2 aromatic rings. The molecule has 0 bridgehead atoms. The number of nitrogens with one attached hydrogen (secondary N) is 3. The molecule has 0 radical (unpaired) electrons. The minimum Gasteiger partial charge on any atom is -0.494 e. The zero-order chi connectivity index (χ0) is 17.4. The van der Waals surface area contributed by atoms with Crippen molar-refractivity contribution in [1.29, 1.82) is 0 Å². The molecule has 1 heterocycles. The third-order valence-corrected chi connectivity index (χ3v) is 3.17. The van der Waals surface area contributed by atoms with E-state index in [9.17, 15) is 0 Å². The Kier molecular flexibility index (Phi) is 6.51. The maximum atomic E-state index is 5.43. The lowest BCUT2D eigenvalue weighted by Crippen LogP contribution is -2.29. The highest BCUT2D eigenvalue weighted by Gasteiger charge is 2.05. The van der Waals surface area contributed by atoms with E-state index in [4.69, 9.17) is 17.0 Å². The van der Waals surface area contributed by atoms with Gasteiger partial charge in [0.05, 0.1) is 6.61 Å². The highest BCUT2D eigenvalue weighted by Crippen LogP contribution is 2.20. The van der Waals surface area contributed by atoms with Crippen molar-refractivity contribution in [3.63, 3.8) is 0 Å². The second-order valence-electron chi connectivity index (χ2n) is 4.92. The van der Waals surface area contributed by atoms with Crippen LogP contribution in [-0.2, 0) is 0 Å². The summed E-state index contributed by atoms with van der Waals surface area (Å²) in [6.07, 6.45) is 1.73. The van der Waals surface area contributed by atoms with Crippen molar-refractivity contribution >= 4 is 34.8 Å². The minimum absolute atomic E-state index is 0.435. The molecule has 0 fully saturated rings. The molecule has 6 nitrogen and oxygen atoms in total. The number of hydrogen-bond donors (Lipinski definition) is 3. The first-order valence-corrected chi connectivity index (χ1v) is 8.03. The molecule has 0 amide bonds. The molecule has 0 saturated heterocycles. The number of benzene rings is 1. The molecule has 0 aliphatic heterocycles. The normalized spacial score (nSPS) is 9.92. The largest absolute Gasteiger partial charge is 0.494 e. The highest BCUT2D eigenvalue weighted by atomic mass is 32.1. The number of nitrogens with zero attached hydrogens (tertiary/aromatic N) is 2. The summed E-state index contributed by atoms with van der Waals surface area (Å²) < 4.78 is 5.43. The van der Waals surface area contributed by atoms with Gasteiger partial charge < -0.3 is 20.7 Å². The van der Waals surface area contributed by atoms with Gasteiger partial charge in [-0.1, -0.05) is 6.08 Å². The maximum Gasteiger partial charge on any atom is 0.231 e. The Labute approximate surface area is 147 Å². The Morgan fingerprint density at radius 3 is 2.71 bits per heavy atom. The zero-order valence-corrected chi connectivity index (χ0v) is 14.6. The molecule has 0 spiro atoms. The summed E-state index contributed by atoms with van der Waals surface area (Å²) in [5.41, 5.74) is 1.74. The molecule has 1 aromatic heterocycles. The molecule has 0 atom stereocenters. The second kappa shape index (κ2) is 8.83. The van der Waals surface area contributed by atoms with Crippen molar-refractivity contribution in [2.24, 2.45) is 0 Å². The smallest absolute Gasteiger partial charge is 0.231 e. The lowest BCUT2D eigenvalue weighted by atomic mass is 10.3. The molecule has 0 aliphatic rings. The third kappa shape index (κ3) is 5.51. The van der Waals surface area contributed by atoms with Crippen LogP contribution in [0.5, 0.6) is 5.75 Å². The predicted molar refractivity (Wildman–Crippen MR) is 102 cm³/mol. The fraction of sp³-hybridized carbons (Fsp3) is 0.235. The summed E-state index contributed by atoms with van der Waals surface area (Å²) in [6.45, 7) is 8.71. The Bertz CT molecular complexity index is 703. The first-order valence-electron chi connectivity index (χ1n) is 7.62. The molecule has 7 heteroatoms. The van der Waals surface area contributed by atoms with Crippen LogP contribution in [0.1, 0.15) is 12.6 Å². The van der Waals surface area contributed by atoms with Gasteiger partial charge in [0.25, 0.3) is 0 Å². The van der Waals surface area contributed by atoms with E-state index in [1.54, 1.807) is 6.08 Å². The first kappa shape index (κ1) is 17.7. The van der Waals surface area contributed by atoms with Gasteiger partial charge in [-0.3, -0.25) is 0 Å². The van der Waals surface area contributed by atoms with Crippen molar-refractivity contribution < 1.29 is 4.74 Å². The van der Waals surface area contributed by atoms with Gasteiger partial charge in [-0.15, -0.1) is 6.58 Å². The molecule has 0 unspecified atom stereocenters. The highest BCUT2D eigenvalue weighted by molar-refractivity contribution is 7.80. The molecule has 0 saturated carbocycles.